The lowest BCUT2D eigenvalue weighted by Crippen LogP contribution is -2.57. The number of nitrogens with one attached hydrogen (secondary N) is 2. The van der Waals surface area contributed by atoms with Gasteiger partial charge < -0.3 is 19.8 Å². The number of alkyl halides is 2. The summed E-state index contributed by atoms with van der Waals surface area (Å²) in [7, 11) is -5.27. The van der Waals surface area contributed by atoms with E-state index in [1.807, 2.05) is 42.3 Å². The standard InChI is InChI=1S/C47H60F2N5O8PS3/c1-29(50)39-34(30-12-9-8-10-13-30)28-52(46(39)20-21-46)54(59)38-19-17-33-14-11-15-35(41(56)53(33)38)51-40(55)37-27-31-26-32(16-18-36(31)66-37)47(48,49)63(60,61-22-24-64-42(57)44(2,3)4)62-23-25-65-43(58)45(5,6)7/h8-10,12-13,16,18,26-27,33-35,38-39,50H,11,14-15,17,19-25,28H2,1-7H3/p+1/t33-,34+,35?,38+,39+/m0/s1. The van der Waals surface area contributed by atoms with Crippen LogP contribution >= 0.6 is 42.5 Å². The number of nitrogens with zero attached hydrogens (tertiary/aromatic N) is 3. The van der Waals surface area contributed by atoms with Gasteiger partial charge in [-0.15, -0.1) is 16.3 Å². The fraction of sp³-hybridized carbons (Fsp3) is 0.596. The molecule has 4 fully saturated rings. The Hall–Kier alpha value is -3.54. The number of carbonyl (C=O) groups excluding carboxylic acids is 4. The molecule has 0 radical (unpaired) electrons. The van der Waals surface area contributed by atoms with Crippen LogP contribution in [0.4, 0.5) is 8.78 Å². The Bertz CT molecular complexity index is 2380. The molecule has 0 bridgehead atoms. The summed E-state index contributed by atoms with van der Waals surface area (Å²) in [6.07, 6.45) is 3.64. The van der Waals surface area contributed by atoms with E-state index in [1.54, 1.807) is 46.4 Å². The van der Waals surface area contributed by atoms with Crippen LogP contribution in [0.25, 0.3) is 10.1 Å². The molecule has 1 saturated carbocycles. The van der Waals surface area contributed by atoms with Crippen molar-refractivity contribution in [1.82, 2.24) is 15.2 Å². The van der Waals surface area contributed by atoms with Gasteiger partial charge in [0.1, 0.15) is 16.4 Å². The summed E-state index contributed by atoms with van der Waals surface area (Å²) in [5.74, 6) is -1.16. The van der Waals surface area contributed by atoms with Gasteiger partial charge in [0.05, 0.1) is 29.5 Å². The third-order valence-electron chi connectivity index (χ3n) is 13.0. The summed E-state index contributed by atoms with van der Waals surface area (Å²) >= 11 is 2.82. The first-order valence-corrected chi connectivity index (χ1v) is 26.9. The monoisotopic (exact) mass is 988 g/mol. The molecule has 13 nitrogen and oxygen atoms in total. The van der Waals surface area contributed by atoms with Gasteiger partial charge in [-0.1, -0.05) is 101 Å². The first kappa shape index (κ1) is 50.3. The van der Waals surface area contributed by atoms with E-state index in [9.17, 15) is 28.7 Å². The third kappa shape index (κ3) is 10.2. The van der Waals surface area contributed by atoms with Crippen LogP contribution in [0, 0.1) is 27.1 Å². The Morgan fingerprint density at radius 1 is 0.924 bits per heavy atom. The molecule has 4 heterocycles. The number of fused-ring (bicyclic) bond motifs is 2. The van der Waals surface area contributed by atoms with Crippen LogP contribution < -0.4 is 5.32 Å². The zero-order valence-electron chi connectivity index (χ0n) is 38.6. The van der Waals surface area contributed by atoms with Crippen LogP contribution in [0.2, 0.25) is 0 Å². The van der Waals surface area contributed by atoms with Crippen molar-refractivity contribution in [2.75, 3.05) is 31.3 Å². The van der Waals surface area contributed by atoms with E-state index in [0.717, 1.165) is 70.3 Å². The minimum absolute atomic E-state index is 0.0392. The van der Waals surface area contributed by atoms with E-state index in [-0.39, 0.29) is 55.8 Å². The molecule has 3 aliphatic heterocycles. The van der Waals surface area contributed by atoms with Crippen LogP contribution in [0.15, 0.2) is 54.6 Å². The lowest BCUT2D eigenvalue weighted by molar-refractivity contribution is -0.753. The Morgan fingerprint density at radius 2 is 1.55 bits per heavy atom. The van der Waals surface area contributed by atoms with Crippen LogP contribution in [0.1, 0.15) is 120 Å². The highest BCUT2D eigenvalue weighted by atomic mass is 32.2. The maximum Gasteiger partial charge on any atom is 0.404 e. The third-order valence-corrected chi connectivity index (χ3v) is 18.6. The second kappa shape index (κ2) is 19.5. The number of benzene rings is 2. The van der Waals surface area contributed by atoms with Crippen LogP contribution in [-0.2, 0) is 33.7 Å². The number of rotatable bonds is 16. The minimum atomic E-state index is -5.27. The van der Waals surface area contributed by atoms with Crippen molar-refractivity contribution in [3.05, 3.63) is 75.5 Å². The van der Waals surface area contributed by atoms with Crippen LogP contribution in [0.3, 0.4) is 0 Å². The van der Waals surface area contributed by atoms with Gasteiger partial charge >= 0.3 is 19.4 Å². The second-order valence-corrected chi connectivity index (χ2v) is 25.2. The largest absolute Gasteiger partial charge is 0.404 e. The Kier molecular flexibility index (Phi) is 14.8. The summed E-state index contributed by atoms with van der Waals surface area (Å²) in [5, 5.41) is 13.4. The van der Waals surface area contributed by atoms with E-state index in [2.05, 4.69) is 5.32 Å². The molecule has 2 N–H and O–H groups in total. The van der Waals surface area contributed by atoms with Gasteiger partial charge in [-0.3, -0.25) is 28.6 Å². The van der Waals surface area contributed by atoms with Crippen LogP contribution in [0.5, 0.6) is 0 Å². The smallest absolute Gasteiger partial charge is 0.340 e. The van der Waals surface area contributed by atoms with Gasteiger partial charge in [-0.05, 0) is 74.6 Å². The quantitative estimate of drug-likeness (QED) is 0.0607. The Balaban J connectivity index is 1.05. The number of amides is 2. The number of thioether (sulfide) groups is 2. The molecule has 1 spiro atoms. The summed E-state index contributed by atoms with van der Waals surface area (Å²) in [5.41, 5.74) is -5.06. The molecule has 4 aliphatic rings. The fourth-order valence-corrected chi connectivity index (χ4v) is 13.8. The lowest BCUT2D eigenvalue weighted by Gasteiger charge is -2.29. The Morgan fingerprint density at radius 3 is 2.12 bits per heavy atom. The first-order chi connectivity index (χ1) is 31.0. The fourth-order valence-electron chi connectivity index (χ4n) is 9.48. The van der Waals surface area contributed by atoms with E-state index >= 15 is 8.78 Å². The van der Waals surface area contributed by atoms with Crippen molar-refractivity contribution in [2.45, 2.75) is 129 Å². The van der Waals surface area contributed by atoms with Gasteiger partial charge in [0.2, 0.25) is 0 Å². The van der Waals surface area contributed by atoms with Crippen LogP contribution in [-0.4, -0.2) is 97.6 Å². The lowest BCUT2D eigenvalue weighted by atomic mass is 9.81. The van der Waals surface area contributed by atoms with Crippen molar-refractivity contribution in [3.63, 3.8) is 0 Å². The highest BCUT2D eigenvalue weighted by Gasteiger charge is 2.69. The van der Waals surface area contributed by atoms with Crippen molar-refractivity contribution in [1.29, 1.82) is 5.41 Å². The molecule has 7 rings (SSSR count). The number of hydrogen-bond acceptors (Lipinski definition) is 12. The maximum atomic E-state index is 16.5. The summed E-state index contributed by atoms with van der Waals surface area (Å²) < 4.78 is 58.3. The summed E-state index contributed by atoms with van der Waals surface area (Å²) in [6.45, 7) is 11.7. The highest BCUT2D eigenvalue weighted by molar-refractivity contribution is 8.14. The van der Waals surface area contributed by atoms with E-state index < -0.39 is 66.5 Å². The molecule has 3 aromatic rings. The SMILES string of the molecule is CC(=N)[C@@H]1[C@@H](c2ccccc2)CN([N+](=O)[C@@H]2CC[C@@H]3CCCC(NC(=O)c4cc5cc(C(F)(F)P(=O)(OCCSC(=O)C(C)(C)C)OCCSC(=O)C(C)(C)C)ccc5s4)C(=O)N32)C12CC2. The molecule has 5 atom stereocenters. The normalized spacial score (nSPS) is 23.2. The molecule has 2 aromatic carbocycles. The first-order valence-electron chi connectivity index (χ1n) is 22.6. The number of carbonyl (C=O) groups is 4. The van der Waals surface area contributed by atoms with Gasteiger partial charge in [0, 0.05) is 62.6 Å². The molecule has 1 aromatic heterocycles. The molecular formula is C47H61F2N5O8PS3+. The van der Waals surface area contributed by atoms with E-state index in [0.29, 0.717) is 49.1 Å². The maximum absolute atomic E-state index is 16.5. The zero-order valence-corrected chi connectivity index (χ0v) is 41.9. The van der Waals surface area contributed by atoms with Gasteiger partial charge in [0.25, 0.3) is 11.8 Å². The van der Waals surface area contributed by atoms with Gasteiger partial charge in [-0.25, -0.2) is 0 Å². The van der Waals surface area contributed by atoms with Gasteiger partial charge in [-0.2, -0.15) is 8.78 Å². The summed E-state index contributed by atoms with van der Waals surface area (Å²) in [6, 6.07) is 14.0. The van der Waals surface area contributed by atoms with Crippen molar-refractivity contribution < 1.29 is 46.4 Å². The Labute approximate surface area is 397 Å². The molecule has 66 heavy (non-hydrogen) atoms. The molecular weight excluding hydrogens is 928 g/mol. The number of nitroso groups, excluding NO2 is 1. The molecule has 2 amide bonds. The van der Waals surface area contributed by atoms with Crippen molar-refractivity contribution in [3.8, 4) is 0 Å². The highest BCUT2D eigenvalue weighted by Crippen LogP contribution is 2.67. The molecule has 358 valence electrons. The summed E-state index contributed by atoms with van der Waals surface area (Å²) in [4.78, 5) is 70.7. The number of hydrazine groups is 1. The van der Waals surface area contributed by atoms with E-state index in [4.69, 9.17) is 14.5 Å². The zero-order chi connectivity index (χ0) is 48.0. The minimum Gasteiger partial charge on any atom is -0.340 e. The number of thiophene rings is 1. The molecule has 1 unspecified atom stereocenters. The number of hydrogen-bond donors (Lipinski definition) is 2. The number of halogens is 2. The van der Waals surface area contributed by atoms with Crippen molar-refractivity contribution >= 4 is 80.3 Å². The van der Waals surface area contributed by atoms with Crippen molar-refractivity contribution in [2.24, 2.45) is 16.7 Å². The van der Waals surface area contributed by atoms with E-state index in [1.165, 1.54) is 12.1 Å². The molecule has 3 saturated heterocycles. The molecule has 19 heteroatoms. The molecule has 1 aliphatic carbocycles. The predicted molar refractivity (Wildman–Crippen MR) is 256 cm³/mol. The predicted octanol–water partition coefficient (Wildman–Crippen LogP) is 10.4. The average Bonchev–Trinajstić information content (AvgIpc) is 3.60. The average molecular weight is 989 g/mol. The topological polar surface area (TPSA) is 166 Å². The van der Waals surface area contributed by atoms with Gasteiger partial charge in [0.15, 0.2) is 10.2 Å². The second-order valence-electron chi connectivity index (χ2n) is 19.9.